The monoisotopic (exact) mass is 553 g/mol. The molecule has 3 aromatic rings. The third-order valence-corrected chi connectivity index (χ3v) is 7.06. The summed E-state index contributed by atoms with van der Waals surface area (Å²) < 4.78 is 27.2. The summed E-state index contributed by atoms with van der Waals surface area (Å²) >= 11 is 0. The van der Waals surface area contributed by atoms with Crippen LogP contribution in [0.5, 0.6) is 34.5 Å². The Morgan fingerprint density at radius 2 is 1.65 bits per heavy atom. The number of carbonyl (C=O) groups excluding carboxylic acids is 2. The number of hydrogen-bond donors (Lipinski definition) is 3. The lowest BCUT2D eigenvalue weighted by molar-refractivity contribution is -0.140. The van der Waals surface area contributed by atoms with E-state index in [0.29, 0.717) is 28.1 Å². The van der Waals surface area contributed by atoms with Gasteiger partial charge in [0.15, 0.2) is 17.3 Å². The van der Waals surface area contributed by atoms with Gasteiger partial charge in [0.1, 0.15) is 23.4 Å². The Labute approximate surface area is 230 Å². The lowest BCUT2D eigenvalue weighted by Crippen LogP contribution is -2.14. The molecule has 4 rings (SSSR count). The SMILES string of the molecule is COC(=O)C[C@H](c1cc(OC)c(OC)c(OC)c1)c1c(O)c(C(C)=O)cc([C@@H]2OCc3cnc(C)c(O)c32)c1O. The first-order chi connectivity index (χ1) is 19.1. The van der Waals surface area contributed by atoms with Crippen molar-refractivity contribution >= 4 is 11.8 Å². The molecule has 0 unspecified atom stereocenters. The minimum Gasteiger partial charge on any atom is -0.507 e. The molecule has 0 amide bonds. The predicted molar refractivity (Wildman–Crippen MR) is 142 cm³/mol. The molecule has 0 bridgehead atoms. The van der Waals surface area contributed by atoms with Gasteiger partial charge < -0.3 is 39.0 Å². The first-order valence-corrected chi connectivity index (χ1v) is 12.3. The molecule has 2 aromatic carbocycles. The lowest BCUT2D eigenvalue weighted by Gasteiger charge is -2.25. The Balaban J connectivity index is 2.03. The number of carbonyl (C=O) groups is 2. The molecule has 0 spiro atoms. The molecule has 212 valence electrons. The number of phenolic OH excluding ortho intramolecular Hbond substituents is 2. The van der Waals surface area contributed by atoms with E-state index in [1.165, 1.54) is 41.4 Å². The van der Waals surface area contributed by atoms with E-state index in [0.717, 1.165) is 0 Å². The van der Waals surface area contributed by atoms with Crippen LogP contribution in [0.4, 0.5) is 0 Å². The van der Waals surface area contributed by atoms with Gasteiger partial charge >= 0.3 is 5.97 Å². The van der Waals surface area contributed by atoms with Gasteiger partial charge in [-0.25, -0.2) is 0 Å². The van der Waals surface area contributed by atoms with Crippen LogP contribution in [-0.2, 0) is 20.9 Å². The van der Waals surface area contributed by atoms with Crippen molar-refractivity contribution in [3.05, 3.63) is 63.5 Å². The van der Waals surface area contributed by atoms with Crippen molar-refractivity contribution in [3.8, 4) is 34.5 Å². The first kappa shape index (κ1) is 28.5. The van der Waals surface area contributed by atoms with Crippen molar-refractivity contribution < 1.29 is 48.6 Å². The molecule has 3 N–H and O–H groups in total. The fourth-order valence-corrected chi connectivity index (χ4v) is 5.00. The van der Waals surface area contributed by atoms with Crippen LogP contribution >= 0.6 is 0 Å². The highest BCUT2D eigenvalue weighted by molar-refractivity contribution is 5.98. The fraction of sp³-hybridized carbons (Fsp3) is 0.345. The zero-order chi connectivity index (χ0) is 29.3. The maximum absolute atomic E-state index is 12.7. The van der Waals surface area contributed by atoms with E-state index in [1.54, 1.807) is 25.3 Å². The molecule has 1 aliphatic heterocycles. The van der Waals surface area contributed by atoms with E-state index in [-0.39, 0.29) is 47.0 Å². The summed E-state index contributed by atoms with van der Waals surface area (Å²) in [5.74, 6) is -2.36. The fourth-order valence-electron chi connectivity index (χ4n) is 5.00. The number of phenols is 2. The molecule has 0 saturated heterocycles. The van der Waals surface area contributed by atoms with Crippen molar-refractivity contribution in [2.45, 2.75) is 38.9 Å². The number of fused-ring (bicyclic) bond motifs is 1. The van der Waals surface area contributed by atoms with Gasteiger partial charge in [-0.1, -0.05) is 0 Å². The van der Waals surface area contributed by atoms with E-state index >= 15 is 0 Å². The molecule has 40 heavy (non-hydrogen) atoms. The summed E-state index contributed by atoms with van der Waals surface area (Å²) in [4.78, 5) is 29.5. The van der Waals surface area contributed by atoms with Gasteiger partial charge in [-0.3, -0.25) is 14.6 Å². The maximum atomic E-state index is 12.7. The molecule has 11 heteroatoms. The largest absolute Gasteiger partial charge is 0.507 e. The number of pyridine rings is 1. The molecular formula is C29H31NO10. The second-order valence-corrected chi connectivity index (χ2v) is 9.29. The molecule has 0 fully saturated rings. The van der Waals surface area contributed by atoms with Crippen LogP contribution < -0.4 is 14.2 Å². The van der Waals surface area contributed by atoms with E-state index in [1.807, 2.05) is 0 Å². The van der Waals surface area contributed by atoms with E-state index in [4.69, 9.17) is 23.7 Å². The second-order valence-electron chi connectivity index (χ2n) is 9.29. The third-order valence-electron chi connectivity index (χ3n) is 7.06. The van der Waals surface area contributed by atoms with Crippen LogP contribution in [0.15, 0.2) is 24.4 Å². The van der Waals surface area contributed by atoms with Crippen LogP contribution in [0, 0.1) is 6.92 Å². The average Bonchev–Trinajstić information content (AvgIpc) is 3.37. The smallest absolute Gasteiger partial charge is 0.306 e. The number of nitrogens with zero attached hydrogens (tertiary/aromatic N) is 1. The molecule has 1 aliphatic rings. The third kappa shape index (κ3) is 4.84. The summed E-state index contributed by atoms with van der Waals surface area (Å²) in [6.45, 7) is 3.00. The number of rotatable bonds is 9. The zero-order valence-electron chi connectivity index (χ0n) is 23.0. The van der Waals surface area contributed by atoms with Crippen LogP contribution in [0.25, 0.3) is 0 Å². The number of methoxy groups -OCH3 is 4. The number of aryl methyl sites for hydroxylation is 1. The van der Waals surface area contributed by atoms with E-state index in [9.17, 15) is 24.9 Å². The Bertz CT molecular complexity index is 1460. The molecular weight excluding hydrogens is 522 g/mol. The molecule has 2 atom stereocenters. The van der Waals surface area contributed by atoms with Gasteiger partial charge in [-0.15, -0.1) is 0 Å². The number of esters is 1. The highest BCUT2D eigenvalue weighted by atomic mass is 16.5. The van der Waals surface area contributed by atoms with Gasteiger partial charge in [0.2, 0.25) is 5.75 Å². The molecule has 0 saturated carbocycles. The van der Waals surface area contributed by atoms with Gasteiger partial charge in [-0.05, 0) is 37.6 Å². The lowest BCUT2D eigenvalue weighted by atomic mass is 9.82. The number of hydrogen-bond acceptors (Lipinski definition) is 11. The van der Waals surface area contributed by atoms with Crippen molar-refractivity contribution in [1.29, 1.82) is 0 Å². The maximum Gasteiger partial charge on any atom is 0.306 e. The van der Waals surface area contributed by atoms with Crippen molar-refractivity contribution in [1.82, 2.24) is 4.98 Å². The van der Waals surface area contributed by atoms with Gasteiger partial charge in [0.05, 0.1) is 52.7 Å². The van der Waals surface area contributed by atoms with E-state index < -0.39 is 35.3 Å². The quantitative estimate of drug-likeness (QED) is 0.260. The normalized spacial score (nSPS) is 14.8. The van der Waals surface area contributed by atoms with Gasteiger partial charge in [0.25, 0.3) is 0 Å². The Morgan fingerprint density at radius 3 is 2.20 bits per heavy atom. The van der Waals surface area contributed by atoms with Gasteiger partial charge in [0, 0.05) is 34.4 Å². The summed E-state index contributed by atoms with van der Waals surface area (Å²) in [5.41, 5.74) is 1.68. The van der Waals surface area contributed by atoms with Crippen LogP contribution in [-0.4, -0.2) is 60.5 Å². The predicted octanol–water partition coefficient (Wildman–Crippen LogP) is 4.05. The van der Waals surface area contributed by atoms with E-state index in [2.05, 4.69) is 4.98 Å². The number of aromatic hydroxyl groups is 3. The Morgan fingerprint density at radius 1 is 1.00 bits per heavy atom. The number of benzene rings is 2. The molecule has 2 heterocycles. The summed E-state index contributed by atoms with van der Waals surface area (Å²) in [5, 5.41) is 33.9. The standard InChI is InChI=1S/C29H31NO10/c1-13-25(33)23-16(11-30-13)12-40-28(23)19-9-17(14(2)31)26(34)24(27(19)35)18(10-22(32)38-5)15-7-20(36-3)29(39-6)21(8-15)37-4/h7-9,11,18,28,33-35H,10,12H2,1-6H3/t18-,28+/m1/s1. The Kier molecular flexibility index (Phi) is 8.06. The van der Waals surface area contributed by atoms with Crippen molar-refractivity contribution in [2.24, 2.45) is 0 Å². The molecule has 1 aromatic heterocycles. The first-order valence-electron chi connectivity index (χ1n) is 12.3. The highest BCUT2D eigenvalue weighted by Gasteiger charge is 2.37. The summed E-state index contributed by atoms with van der Waals surface area (Å²) in [7, 11) is 5.52. The Hall–Kier alpha value is -4.51. The summed E-state index contributed by atoms with van der Waals surface area (Å²) in [6, 6.07) is 4.49. The number of Topliss-reactive ketones (excluding diaryl/α,β-unsaturated/α-hetero) is 1. The summed E-state index contributed by atoms with van der Waals surface area (Å²) in [6.07, 6.45) is 0.269. The van der Waals surface area contributed by atoms with Crippen LogP contribution in [0.2, 0.25) is 0 Å². The minimum atomic E-state index is -1.03. The highest BCUT2D eigenvalue weighted by Crippen LogP contribution is 2.52. The number of ketones is 1. The average molecular weight is 554 g/mol. The molecule has 0 radical (unpaired) electrons. The number of ether oxygens (including phenoxy) is 5. The second kappa shape index (κ2) is 11.3. The topological polar surface area (TPSA) is 154 Å². The number of aromatic nitrogens is 1. The zero-order valence-corrected chi connectivity index (χ0v) is 23.0. The minimum absolute atomic E-state index is 0.102. The van der Waals surface area contributed by atoms with Crippen molar-refractivity contribution in [3.63, 3.8) is 0 Å². The molecule has 0 aliphatic carbocycles. The van der Waals surface area contributed by atoms with Crippen LogP contribution in [0.1, 0.15) is 69.2 Å². The van der Waals surface area contributed by atoms with Gasteiger partial charge in [-0.2, -0.15) is 0 Å². The van der Waals surface area contributed by atoms with Crippen molar-refractivity contribution in [2.75, 3.05) is 28.4 Å². The molecule has 11 nitrogen and oxygen atoms in total. The van der Waals surface area contributed by atoms with Crippen LogP contribution in [0.3, 0.4) is 0 Å².